The lowest BCUT2D eigenvalue weighted by Crippen LogP contribution is -2.18. The average Bonchev–Trinajstić information content (AvgIpc) is 1.82. The normalized spacial score (nSPS) is 10.0. The van der Waals surface area contributed by atoms with Gasteiger partial charge in [0.05, 0.1) is 0 Å². The topological polar surface area (TPSA) is 29.5 Å². The molecule has 0 aliphatic carbocycles. The van der Waals surface area contributed by atoms with E-state index in [1.54, 1.807) is 14.1 Å². The summed E-state index contributed by atoms with van der Waals surface area (Å²) < 4.78 is 0. The van der Waals surface area contributed by atoms with Gasteiger partial charge in [0.15, 0.2) is 0 Å². The van der Waals surface area contributed by atoms with Crippen molar-refractivity contribution in [3.05, 3.63) is 0 Å². The highest BCUT2D eigenvalue weighted by Gasteiger charge is 2.01. The summed E-state index contributed by atoms with van der Waals surface area (Å²) in [5, 5.41) is 1.41. The van der Waals surface area contributed by atoms with Crippen molar-refractivity contribution in [1.82, 2.24) is 5.06 Å². The molecule has 0 N–H and O–H groups in total. The second-order valence-corrected chi connectivity index (χ2v) is 2.38. The number of carbonyl (C=O) groups excluding carboxylic acids is 1. The Balaban J connectivity index is 3.26. The van der Waals surface area contributed by atoms with Crippen LogP contribution in [0.4, 0.5) is 0 Å². The highest BCUT2D eigenvalue weighted by atomic mass is 16.7. The van der Waals surface area contributed by atoms with Crippen molar-refractivity contribution in [3.63, 3.8) is 0 Å². The highest BCUT2D eigenvalue weighted by molar-refractivity contribution is 5.68. The Morgan fingerprint density at radius 2 is 2.10 bits per heavy atom. The molecule has 0 aromatic carbocycles. The third-order valence-corrected chi connectivity index (χ3v) is 1.02. The lowest BCUT2D eigenvalue weighted by molar-refractivity contribution is -0.178. The van der Waals surface area contributed by atoms with Crippen molar-refractivity contribution < 1.29 is 9.63 Å². The first-order chi connectivity index (χ1) is 4.66. The SMILES string of the molecule is CCCCC(=O)ON(C)C. The Hall–Kier alpha value is -0.570. The molecule has 0 saturated heterocycles. The second kappa shape index (κ2) is 5.23. The van der Waals surface area contributed by atoms with Crippen LogP contribution in [0.15, 0.2) is 0 Å². The van der Waals surface area contributed by atoms with Crippen molar-refractivity contribution in [2.45, 2.75) is 26.2 Å². The first kappa shape index (κ1) is 9.43. The van der Waals surface area contributed by atoms with Crippen LogP contribution in [-0.4, -0.2) is 25.1 Å². The molecule has 0 atom stereocenters. The molecule has 0 fully saturated rings. The molecule has 0 radical (unpaired) electrons. The predicted molar refractivity (Wildman–Crippen MR) is 39.3 cm³/mol. The maximum atomic E-state index is 10.7. The standard InChI is InChI=1S/C7H15NO2/c1-4-5-6-7(9)10-8(2)3/h4-6H2,1-3H3. The zero-order valence-corrected chi connectivity index (χ0v) is 6.89. The number of hydrogen-bond donors (Lipinski definition) is 0. The minimum Gasteiger partial charge on any atom is -0.369 e. The van der Waals surface area contributed by atoms with E-state index in [1.807, 2.05) is 6.92 Å². The molecule has 0 amide bonds. The van der Waals surface area contributed by atoms with E-state index < -0.39 is 0 Å². The Labute approximate surface area is 61.9 Å². The summed E-state index contributed by atoms with van der Waals surface area (Å²) >= 11 is 0. The second-order valence-electron chi connectivity index (χ2n) is 2.38. The number of rotatable bonds is 4. The number of carbonyl (C=O) groups is 1. The van der Waals surface area contributed by atoms with Crippen molar-refractivity contribution in [1.29, 1.82) is 0 Å². The summed E-state index contributed by atoms with van der Waals surface area (Å²) in [6.07, 6.45) is 2.46. The van der Waals surface area contributed by atoms with Crippen LogP contribution in [0.2, 0.25) is 0 Å². The van der Waals surface area contributed by atoms with Gasteiger partial charge in [-0.1, -0.05) is 13.3 Å². The van der Waals surface area contributed by atoms with Crippen LogP contribution in [0.1, 0.15) is 26.2 Å². The van der Waals surface area contributed by atoms with Gasteiger partial charge in [-0.2, -0.15) is 0 Å². The minimum atomic E-state index is -0.146. The molecule has 3 nitrogen and oxygen atoms in total. The molecule has 60 valence electrons. The summed E-state index contributed by atoms with van der Waals surface area (Å²) in [5.41, 5.74) is 0. The van der Waals surface area contributed by atoms with E-state index in [0.29, 0.717) is 6.42 Å². The van der Waals surface area contributed by atoms with Crippen molar-refractivity contribution in [2.75, 3.05) is 14.1 Å². The molecule has 0 aliphatic rings. The zero-order valence-electron chi connectivity index (χ0n) is 6.89. The first-order valence-electron chi connectivity index (χ1n) is 3.55. The van der Waals surface area contributed by atoms with Gasteiger partial charge in [0, 0.05) is 20.5 Å². The molecule has 0 aromatic heterocycles. The predicted octanol–water partition coefficient (Wildman–Crippen LogP) is 1.20. The summed E-state index contributed by atoms with van der Waals surface area (Å²) in [7, 11) is 3.40. The smallest absolute Gasteiger partial charge is 0.325 e. The number of hydrogen-bond acceptors (Lipinski definition) is 3. The largest absolute Gasteiger partial charge is 0.369 e. The number of nitrogens with zero attached hydrogens (tertiary/aromatic N) is 1. The van der Waals surface area contributed by atoms with Gasteiger partial charge in [-0.25, -0.2) is 0 Å². The Morgan fingerprint density at radius 3 is 2.50 bits per heavy atom. The quantitative estimate of drug-likeness (QED) is 0.557. The molecule has 3 heteroatoms. The summed E-state index contributed by atoms with van der Waals surface area (Å²) in [4.78, 5) is 15.5. The van der Waals surface area contributed by atoms with Gasteiger partial charge < -0.3 is 4.84 Å². The van der Waals surface area contributed by atoms with Gasteiger partial charge >= 0.3 is 5.97 Å². The molecule has 0 heterocycles. The van der Waals surface area contributed by atoms with Crippen molar-refractivity contribution in [3.8, 4) is 0 Å². The van der Waals surface area contributed by atoms with Gasteiger partial charge in [-0.3, -0.25) is 4.79 Å². The molecular formula is C7H15NO2. The van der Waals surface area contributed by atoms with Crippen molar-refractivity contribution >= 4 is 5.97 Å². The van der Waals surface area contributed by atoms with E-state index in [-0.39, 0.29) is 5.97 Å². The number of hydroxylamine groups is 2. The van der Waals surface area contributed by atoms with Gasteiger partial charge in [-0.05, 0) is 6.42 Å². The van der Waals surface area contributed by atoms with Gasteiger partial charge in [-0.15, -0.1) is 5.06 Å². The van der Waals surface area contributed by atoms with E-state index >= 15 is 0 Å². The Kier molecular flexibility index (Phi) is 4.94. The fourth-order valence-corrected chi connectivity index (χ4v) is 0.570. The lowest BCUT2D eigenvalue weighted by Gasteiger charge is -2.08. The first-order valence-corrected chi connectivity index (χ1v) is 3.55. The van der Waals surface area contributed by atoms with Crippen LogP contribution in [-0.2, 0) is 9.63 Å². The monoisotopic (exact) mass is 145 g/mol. The van der Waals surface area contributed by atoms with Crippen molar-refractivity contribution in [2.24, 2.45) is 0 Å². The maximum absolute atomic E-state index is 10.7. The van der Waals surface area contributed by atoms with Gasteiger partial charge in [0.25, 0.3) is 0 Å². The molecule has 0 unspecified atom stereocenters. The summed E-state index contributed by atoms with van der Waals surface area (Å²) in [5.74, 6) is -0.146. The van der Waals surface area contributed by atoms with Crippen LogP contribution < -0.4 is 0 Å². The third-order valence-electron chi connectivity index (χ3n) is 1.02. The highest BCUT2D eigenvalue weighted by Crippen LogP contribution is 1.96. The minimum absolute atomic E-state index is 0.146. The molecular weight excluding hydrogens is 130 g/mol. The molecule has 0 rings (SSSR count). The third kappa shape index (κ3) is 5.56. The molecule has 10 heavy (non-hydrogen) atoms. The Morgan fingerprint density at radius 1 is 1.50 bits per heavy atom. The zero-order chi connectivity index (χ0) is 7.98. The summed E-state index contributed by atoms with van der Waals surface area (Å²) in [6, 6.07) is 0. The lowest BCUT2D eigenvalue weighted by atomic mass is 10.3. The van der Waals surface area contributed by atoms with Gasteiger partial charge in [0.1, 0.15) is 0 Å². The fourth-order valence-electron chi connectivity index (χ4n) is 0.570. The Bertz CT molecular complexity index is 102. The van der Waals surface area contributed by atoms with E-state index in [9.17, 15) is 4.79 Å². The van der Waals surface area contributed by atoms with Crippen LogP contribution in [0.5, 0.6) is 0 Å². The molecule has 0 aliphatic heterocycles. The van der Waals surface area contributed by atoms with Crippen LogP contribution in [0.3, 0.4) is 0 Å². The van der Waals surface area contributed by atoms with Crippen LogP contribution in [0, 0.1) is 0 Å². The summed E-state index contributed by atoms with van der Waals surface area (Å²) in [6.45, 7) is 2.04. The fraction of sp³-hybridized carbons (Fsp3) is 0.857. The maximum Gasteiger partial charge on any atom is 0.325 e. The molecule has 0 saturated carbocycles. The molecule has 0 bridgehead atoms. The van der Waals surface area contributed by atoms with Crippen LogP contribution in [0.25, 0.3) is 0 Å². The van der Waals surface area contributed by atoms with Crippen LogP contribution >= 0.6 is 0 Å². The van der Waals surface area contributed by atoms with E-state index in [1.165, 1.54) is 5.06 Å². The van der Waals surface area contributed by atoms with E-state index in [2.05, 4.69) is 0 Å². The average molecular weight is 145 g/mol. The van der Waals surface area contributed by atoms with E-state index in [0.717, 1.165) is 12.8 Å². The van der Waals surface area contributed by atoms with E-state index in [4.69, 9.17) is 4.84 Å². The number of unbranched alkanes of at least 4 members (excludes halogenated alkanes) is 1. The molecule has 0 spiro atoms. The molecule has 0 aromatic rings. The van der Waals surface area contributed by atoms with Gasteiger partial charge in [0.2, 0.25) is 0 Å².